The summed E-state index contributed by atoms with van der Waals surface area (Å²) in [5, 5.41) is 24.4. The van der Waals surface area contributed by atoms with Gasteiger partial charge in [-0.05, 0) is 12.5 Å². The van der Waals surface area contributed by atoms with Gasteiger partial charge in [-0.15, -0.1) is 0 Å². The van der Waals surface area contributed by atoms with Crippen molar-refractivity contribution >= 4 is 29.7 Å². The highest BCUT2D eigenvalue weighted by Gasteiger charge is 2.25. The van der Waals surface area contributed by atoms with Crippen LogP contribution in [-0.2, 0) is 30.4 Å². The van der Waals surface area contributed by atoms with E-state index in [0.29, 0.717) is 0 Å². The van der Waals surface area contributed by atoms with Gasteiger partial charge in [-0.3, -0.25) is 19.2 Å². The number of amides is 3. The van der Waals surface area contributed by atoms with Crippen LogP contribution in [0.3, 0.4) is 0 Å². The highest BCUT2D eigenvalue weighted by Crippen LogP contribution is 2.04. The van der Waals surface area contributed by atoms with Crippen molar-refractivity contribution in [3.05, 3.63) is 35.9 Å². The van der Waals surface area contributed by atoms with Gasteiger partial charge < -0.3 is 31.9 Å². The fraction of sp³-hybridized carbons (Fsp3) is 0.389. The lowest BCUT2D eigenvalue weighted by Gasteiger charge is -2.20. The largest absolute Gasteiger partial charge is 0.481 e. The monoisotopic (exact) mass is 408 g/mol. The molecule has 0 aliphatic heterocycles. The summed E-state index contributed by atoms with van der Waals surface area (Å²) in [5.74, 6) is -5.04. The molecule has 0 saturated heterocycles. The summed E-state index contributed by atoms with van der Waals surface area (Å²) < 4.78 is 0. The highest BCUT2D eigenvalue weighted by atomic mass is 16.4. The number of hydrogen-bond acceptors (Lipinski definition) is 6. The van der Waals surface area contributed by atoms with E-state index in [9.17, 15) is 24.0 Å². The second kappa shape index (κ2) is 11.4. The van der Waals surface area contributed by atoms with Crippen molar-refractivity contribution in [2.75, 3.05) is 6.54 Å². The molecular formula is C18H24N4O7. The maximum Gasteiger partial charge on any atom is 0.326 e. The molecule has 1 aromatic rings. The predicted molar refractivity (Wildman–Crippen MR) is 101 cm³/mol. The van der Waals surface area contributed by atoms with Gasteiger partial charge in [0.2, 0.25) is 17.7 Å². The summed E-state index contributed by atoms with van der Waals surface area (Å²) in [5.41, 5.74) is 6.27. The molecule has 7 N–H and O–H groups in total. The summed E-state index contributed by atoms with van der Waals surface area (Å²) in [6.45, 7) is 0.857. The zero-order valence-electron chi connectivity index (χ0n) is 15.8. The Bertz CT molecular complexity index is 752. The van der Waals surface area contributed by atoms with Crippen LogP contribution in [-0.4, -0.2) is 64.5 Å². The van der Waals surface area contributed by atoms with E-state index in [2.05, 4.69) is 10.6 Å². The van der Waals surface area contributed by atoms with E-state index in [1.807, 2.05) is 5.32 Å². The Morgan fingerprint density at radius 1 is 0.966 bits per heavy atom. The molecule has 0 aliphatic carbocycles. The lowest BCUT2D eigenvalue weighted by atomic mass is 10.0. The Morgan fingerprint density at radius 2 is 1.59 bits per heavy atom. The van der Waals surface area contributed by atoms with Gasteiger partial charge in [-0.1, -0.05) is 30.3 Å². The van der Waals surface area contributed by atoms with Gasteiger partial charge in [0.1, 0.15) is 12.1 Å². The van der Waals surface area contributed by atoms with Gasteiger partial charge in [0.25, 0.3) is 0 Å². The molecule has 1 rings (SSSR count). The Morgan fingerprint density at radius 3 is 2.10 bits per heavy atom. The third-order valence-electron chi connectivity index (χ3n) is 3.76. The maximum atomic E-state index is 12.5. The summed E-state index contributed by atoms with van der Waals surface area (Å²) in [4.78, 5) is 57.8. The lowest BCUT2D eigenvalue weighted by molar-refractivity contribution is -0.147. The first-order valence-corrected chi connectivity index (χ1v) is 8.71. The topological polar surface area (TPSA) is 188 Å². The number of carbonyl (C=O) groups excluding carboxylic acids is 3. The summed E-state index contributed by atoms with van der Waals surface area (Å²) in [6.07, 6.45) is -0.667. The number of carboxylic acid groups (broad SMARTS) is 2. The number of aliphatic carboxylic acids is 2. The standard InChI is InChI=1S/C18H24N4O7/c1-10(19)16(26)22-12(7-11-5-3-2-4-6-11)17(27)20-9-14(23)21-13(18(28)29)8-15(24)25/h2-6,10,12-13H,7-9,19H2,1H3,(H,20,27)(H,21,23)(H,22,26)(H,24,25)(H,28,29). The van der Waals surface area contributed by atoms with Crippen LogP contribution < -0.4 is 21.7 Å². The number of carboxylic acids is 2. The summed E-state index contributed by atoms with van der Waals surface area (Å²) in [6, 6.07) is 5.34. The van der Waals surface area contributed by atoms with Crippen molar-refractivity contribution in [1.29, 1.82) is 0 Å². The lowest BCUT2D eigenvalue weighted by Crippen LogP contribution is -2.53. The third kappa shape index (κ3) is 8.84. The van der Waals surface area contributed by atoms with Crippen molar-refractivity contribution in [1.82, 2.24) is 16.0 Å². The normalized spacial score (nSPS) is 13.4. The fourth-order valence-electron chi connectivity index (χ4n) is 2.27. The molecule has 3 unspecified atom stereocenters. The molecule has 11 nitrogen and oxygen atoms in total. The Balaban J connectivity index is 2.72. The number of nitrogens with one attached hydrogen (secondary N) is 3. The van der Waals surface area contributed by atoms with Crippen LogP contribution in [0, 0.1) is 0 Å². The van der Waals surface area contributed by atoms with E-state index in [1.165, 1.54) is 6.92 Å². The average Bonchev–Trinajstić information content (AvgIpc) is 2.65. The van der Waals surface area contributed by atoms with E-state index < -0.39 is 60.8 Å². The van der Waals surface area contributed by atoms with Crippen LogP contribution >= 0.6 is 0 Å². The molecule has 0 fully saturated rings. The van der Waals surface area contributed by atoms with Crippen LogP contribution in [0.4, 0.5) is 0 Å². The van der Waals surface area contributed by atoms with Gasteiger partial charge in [0, 0.05) is 6.42 Å². The van der Waals surface area contributed by atoms with Crippen LogP contribution in [0.5, 0.6) is 0 Å². The smallest absolute Gasteiger partial charge is 0.326 e. The minimum Gasteiger partial charge on any atom is -0.481 e. The molecule has 0 aromatic heterocycles. The molecule has 3 amide bonds. The molecule has 29 heavy (non-hydrogen) atoms. The fourth-order valence-corrected chi connectivity index (χ4v) is 2.27. The molecule has 1 aromatic carbocycles. The molecule has 158 valence electrons. The Labute approximate surface area is 166 Å². The van der Waals surface area contributed by atoms with Crippen molar-refractivity contribution < 1.29 is 34.2 Å². The molecule has 0 radical (unpaired) electrons. The Hall–Kier alpha value is -3.47. The second-order valence-corrected chi connectivity index (χ2v) is 6.31. The molecular weight excluding hydrogens is 384 g/mol. The van der Waals surface area contributed by atoms with Crippen molar-refractivity contribution in [2.24, 2.45) is 5.73 Å². The second-order valence-electron chi connectivity index (χ2n) is 6.31. The van der Waals surface area contributed by atoms with Crippen LogP contribution in [0.15, 0.2) is 30.3 Å². The first kappa shape index (κ1) is 23.6. The Kier molecular flexibility index (Phi) is 9.26. The number of nitrogens with two attached hydrogens (primary N) is 1. The van der Waals surface area contributed by atoms with Gasteiger partial charge >= 0.3 is 11.9 Å². The van der Waals surface area contributed by atoms with E-state index in [0.717, 1.165) is 5.56 Å². The minimum atomic E-state index is -1.63. The number of benzene rings is 1. The molecule has 0 heterocycles. The van der Waals surface area contributed by atoms with Gasteiger partial charge in [-0.25, -0.2) is 4.79 Å². The number of rotatable bonds is 11. The van der Waals surface area contributed by atoms with Gasteiger partial charge in [0.15, 0.2) is 0 Å². The first-order valence-electron chi connectivity index (χ1n) is 8.71. The zero-order valence-corrected chi connectivity index (χ0v) is 15.8. The number of carbonyl (C=O) groups is 5. The predicted octanol–water partition coefficient (Wildman–Crippen LogP) is -1.78. The summed E-state index contributed by atoms with van der Waals surface area (Å²) in [7, 11) is 0. The van der Waals surface area contributed by atoms with Crippen molar-refractivity contribution in [3.8, 4) is 0 Å². The molecule has 0 spiro atoms. The molecule has 11 heteroatoms. The molecule has 0 bridgehead atoms. The minimum absolute atomic E-state index is 0.142. The third-order valence-corrected chi connectivity index (χ3v) is 3.76. The first-order chi connectivity index (χ1) is 13.6. The van der Waals surface area contributed by atoms with Crippen molar-refractivity contribution in [2.45, 2.75) is 37.9 Å². The SMILES string of the molecule is CC(N)C(=O)NC(Cc1ccccc1)C(=O)NCC(=O)NC(CC(=O)O)C(=O)O. The van der Waals surface area contributed by atoms with E-state index in [-0.39, 0.29) is 6.42 Å². The van der Waals surface area contributed by atoms with Crippen LogP contribution in [0.2, 0.25) is 0 Å². The molecule has 0 saturated carbocycles. The molecule has 3 atom stereocenters. The van der Waals surface area contributed by atoms with Crippen molar-refractivity contribution in [3.63, 3.8) is 0 Å². The quantitative estimate of drug-likeness (QED) is 0.248. The van der Waals surface area contributed by atoms with E-state index in [1.54, 1.807) is 30.3 Å². The van der Waals surface area contributed by atoms with E-state index in [4.69, 9.17) is 15.9 Å². The van der Waals surface area contributed by atoms with Gasteiger partial charge in [-0.2, -0.15) is 0 Å². The maximum absolute atomic E-state index is 12.5. The van der Waals surface area contributed by atoms with Crippen LogP contribution in [0.25, 0.3) is 0 Å². The molecule has 0 aliphatic rings. The highest BCUT2D eigenvalue weighted by molar-refractivity contribution is 5.93. The zero-order chi connectivity index (χ0) is 22.0. The summed E-state index contributed by atoms with van der Waals surface area (Å²) >= 11 is 0. The number of hydrogen-bond donors (Lipinski definition) is 6. The average molecular weight is 408 g/mol. The van der Waals surface area contributed by atoms with Gasteiger partial charge in [0.05, 0.1) is 19.0 Å². The van der Waals surface area contributed by atoms with Crippen LogP contribution in [0.1, 0.15) is 18.9 Å². The van der Waals surface area contributed by atoms with E-state index >= 15 is 0 Å².